The molecule has 2 amide bonds. The zero-order chi connectivity index (χ0) is 15.1. The summed E-state index contributed by atoms with van der Waals surface area (Å²) < 4.78 is 28.2. The van der Waals surface area contributed by atoms with E-state index in [0.717, 1.165) is 0 Å². The molecule has 0 aromatic rings. The van der Waals surface area contributed by atoms with Crippen LogP contribution in [0.5, 0.6) is 0 Å². The van der Waals surface area contributed by atoms with Gasteiger partial charge in [0.25, 0.3) is 0 Å². The van der Waals surface area contributed by atoms with Crippen molar-refractivity contribution in [3.05, 3.63) is 0 Å². The van der Waals surface area contributed by atoms with E-state index in [2.05, 4.69) is 24.5 Å². The smallest absolute Gasteiger partial charge is 0.315 e. The summed E-state index contributed by atoms with van der Waals surface area (Å²) in [5, 5.41) is 5.70. The van der Waals surface area contributed by atoms with Crippen molar-refractivity contribution < 1.29 is 17.9 Å². The first-order valence-corrected chi connectivity index (χ1v) is 8.80. The molecule has 1 aliphatic carbocycles. The number of amides is 2. The van der Waals surface area contributed by atoms with Crippen LogP contribution in [0.2, 0.25) is 0 Å². The number of carbonyl (C=O) groups excluding carboxylic acids is 1. The van der Waals surface area contributed by atoms with Crippen molar-refractivity contribution in [2.45, 2.75) is 45.4 Å². The minimum atomic E-state index is -2.97. The lowest BCUT2D eigenvalue weighted by atomic mass is 9.58. The predicted molar refractivity (Wildman–Crippen MR) is 76.3 cm³/mol. The first kappa shape index (κ1) is 15.6. The molecule has 1 aliphatic heterocycles. The summed E-state index contributed by atoms with van der Waals surface area (Å²) in [6.45, 7) is 6.17. The topological polar surface area (TPSA) is 84.5 Å². The van der Waals surface area contributed by atoms with Crippen LogP contribution in [0, 0.1) is 11.3 Å². The van der Waals surface area contributed by atoms with Gasteiger partial charge >= 0.3 is 6.03 Å². The normalized spacial score (nSPS) is 38.0. The fourth-order valence-electron chi connectivity index (χ4n) is 3.70. The minimum Gasteiger partial charge on any atom is -0.380 e. The third kappa shape index (κ3) is 2.79. The number of carbonyl (C=O) groups is 1. The summed E-state index contributed by atoms with van der Waals surface area (Å²) in [5.74, 6) is 0.452. The Morgan fingerprint density at radius 3 is 2.40 bits per heavy atom. The molecule has 1 heterocycles. The molecule has 0 unspecified atom stereocenters. The maximum atomic E-state index is 12.0. The van der Waals surface area contributed by atoms with E-state index in [1.807, 2.05) is 6.92 Å². The van der Waals surface area contributed by atoms with Crippen molar-refractivity contribution in [3.63, 3.8) is 0 Å². The summed E-state index contributed by atoms with van der Waals surface area (Å²) >= 11 is 0. The van der Waals surface area contributed by atoms with Crippen LogP contribution < -0.4 is 10.6 Å². The molecule has 7 heteroatoms. The molecule has 6 nitrogen and oxygen atoms in total. The SMILES string of the molecule is CO[C@@H]1[C@H](C)[C@H](NC(=O)N[C@H]2CCS(=O)(=O)C2)C1(C)C. The molecule has 0 aromatic heterocycles. The van der Waals surface area contributed by atoms with Crippen LogP contribution in [0.15, 0.2) is 0 Å². The van der Waals surface area contributed by atoms with E-state index in [9.17, 15) is 13.2 Å². The molecule has 0 aromatic carbocycles. The fourth-order valence-corrected chi connectivity index (χ4v) is 5.37. The molecule has 0 spiro atoms. The number of nitrogens with one attached hydrogen (secondary N) is 2. The van der Waals surface area contributed by atoms with Crippen molar-refractivity contribution >= 4 is 15.9 Å². The molecule has 0 radical (unpaired) electrons. The number of hydrogen-bond acceptors (Lipinski definition) is 4. The third-order valence-electron chi connectivity index (χ3n) is 4.65. The maximum Gasteiger partial charge on any atom is 0.315 e. The molecule has 116 valence electrons. The lowest BCUT2D eigenvalue weighted by Crippen LogP contribution is -2.69. The van der Waals surface area contributed by atoms with Crippen LogP contribution in [-0.4, -0.2) is 51.3 Å². The molecule has 0 bridgehead atoms. The predicted octanol–water partition coefficient (Wildman–Crippen LogP) is 0.532. The van der Waals surface area contributed by atoms with Gasteiger partial charge in [-0.25, -0.2) is 13.2 Å². The van der Waals surface area contributed by atoms with E-state index in [-0.39, 0.29) is 47.1 Å². The number of hydrogen-bond donors (Lipinski definition) is 2. The second kappa shape index (κ2) is 5.18. The lowest BCUT2D eigenvalue weighted by Gasteiger charge is -2.56. The Hall–Kier alpha value is -0.820. The Balaban J connectivity index is 1.87. The van der Waals surface area contributed by atoms with Crippen LogP contribution >= 0.6 is 0 Å². The highest BCUT2D eigenvalue weighted by atomic mass is 32.2. The van der Waals surface area contributed by atoms with Crippen molar-refractivity contribution in [1.82, 2.24) is 10.6 Å². The van der Waals surface area contributed by atoms with Gasteiger partial charge in [0.15, 0.2) is 9.84 Å². The standard InChI is InChI=1S/C13H24N2O4S/c1-8-10(13(2,3)11(8)19-4)15-12(16)14-9-5-6-20(17,18)7-9/h8-11H,5-7H2,1-4H3,(H2,14,15,16)/t8-,9+,10+,11-/m1/s1. The van der Waals surface area contributed by atoms with Gasteiger partial charge in [0.05, 0.1) is 17.6 Å². The molecular weight excluding hydrogens is 280 g/mol. The molecule has 4 atom stereocenters. The monoisotopic (exact) mass is 304 g/mol. The molecule has 2 N–H and O–H groups in total. The minimum absolute atomic E-state index is 0.0328. The molecule has 20 heavy (non-hydrogen) atoms. The van der Waals surface area contributed by atoms with Gasteiger partial charge in [-0.3, -0.25) is 0 Å². The second-order valence-electron chi connectivity index (χ2n) is 6.53. The van der Waals surface area contributed by atoms with E-state index < -0.39 is 9.84 Å². The Morgan fingerprint density at radius 1 is 1.30 bits per heavy atom. The van der Waals surface area contributed by atoms with E-state index >= 15 is 0 Å². The van der Waals surface area contributed by atoms with E-state index in [1.54, 1.807) is 7.11 Å². The highest BCUT2D eigenvalue weighted by Crippen LogP contribution is 2.46. The first-order chi connectivity index (χ1) is 9.17. The lowest BCUT2D eigenvalue weighted by molar-refractivity contribution is -0.140. The number of sulfone groups is 1. The Labute approximate surface area is 120 Å². The van der Waals surface area contributed by atoms with E-state index in [4.69, 9.17) is 4.74 Å². The molecule has 1 saturated heterocycles. The fraction of sp³-hybridized carbons (Fsp3) is 0.923. The quantitative estimate of drug-likeness (QED) is 0.796. The van der Waals surface area contributed by atoms with Gasteiger partial charge in [0, 0.05) is 30.5 Å². The summed E-state index contributed by atoms with van der Waals surface area (Å²) in [6, 6.07) is -0.520. The van der Waals surface area contributed by atoms with Gasteiger partial charge in [0.1, 0.15) is 0 Å². The summed E-state index contributed by atoms with van der Waals surface area (Å²) in [6.07, 6.45) is 0.625. The van der Waals surface area contributed by atoms with Crippen LogP contribution in [0.25, 0.3) is 0 Å². The third-order valence-corrected chi connectivity index (χ3v) is 6.41. The van der Waals surface area contributed by atoms with Crippen LogP contribution in [0.3, 0.4) is 0 Å². The van der Waals surface area contributed by atoms with E-state index in [0.29, 0.717) is 6.42 Å². The largest absolute Gasteiger partial charge is 0.380 e. The Bertz CT molecular complexity index is 489. The summed E-state index contributed by atoms with van der Waals surface area (Å²) in [4.78, 5) is 12.0. The molecule has 2 rings (SSSR count). The zero-order valence-corrected chi connectivity index (χ0v) is 13.3. The number of rotatable bonds is 3. The second-order valence-corrected chi connectivity index (χ2v) is 8.76. The van der Waals surface area contributed by atoms with Crippen LogP contribution in [0.1, 0.15) is 27.2 Å². The Morgan fingerprint density at radius 2 is 1.95 bits per heavy atom. The highest BCUT2D eigenvalue weighted by molar-refractivity contribution is 7.91. The van der Waals surface area contributed by atoms with Crippen molar-refractivity contribution in [2.24, 2.45) is 11.3 Å². The Kier molecular flexibility index (Phi) is 4.03. The van der Waals surface area contributed by atoms with Crippen molar-refractivity contribution in [3.8, 4) is 0 Å². The van der Waals surface area contributed by atoms with Crippen LogP contribution in [0.4, 0.5) is 4.79 Å². The summed E-state index contributed by atoms with van der Waals surface area (Å²) in [5.41, 5.74) is -0.118. The van der Waals surface area contributed by atoms with Gasteiger partial charge < -0.3 is 15.4 Å². The first-order valence-electron chi connectivity index (χ1n) is 6.97. The van der Waals surface area contributed by atoms with Gasteiger partial charge in [-0.2, -0.15) is 0 Å². The maximum absolute atomic E-state index is 12.0. The molecular formula is C13H24N2O4S. The van der Waals surface area contributed by atoms with E-state index in [1.165, 1.54) is 0 Å². The van der Waals surface area contributed by atoms with Gasteiger partial charge in [-0.1, -0.05) is 20.8 Å². The molecule has 1 saturated carbocycles. The summed E-state index contributed by atoms with van der Waals surface area (Å²) in [7, 11) is -1.29. The highest BCUT2D eigenvalue weighted by Gasteiger charge is 2.55. The number of methoxy groups -OCH3 is 1. The number of urea groups is 1. The zero-order valence-electron chi connectivity index (χ0n) is 12.5. The molecule has 2 fully saturated rings. The van der Waals surface area contributed by atoms with Crippen molar-refractivity contribution in [1.29, 1.82) is 0 Å². The van der Waals surface area contributed by atoms with Crippen molar-refractivity contribution in [2.75, 3.05) is 18.6 Å². The van der Waals surface area contributed by atoms with Gasteiger partial charge in [-0.05, 0) is 6.42 Å². The van der Waals surface area contributed by atoms with Gasteiger partial charge in [-0.15, -0.1) is 0 Å². The number of ether oxygens (including phenoxy) is 1. The van der Waals surface area contributed by atoms with Crippen LogP contribution in [-0.2, 0) is 14.6 Å². The van der Waals surface area contributed by atoms with Gasteiger partial charge in [0.2, 0.25) is 0 Å². The molecule has 2 aliphatic rings. The average molecular weight is 304 g/mol. The average Bonchev–Trinajstić information content (AvgIpc) is 2.66.